The first-order chi connectivity index (χ1) is 4.85. The Kier molecular flexibility index (Phi) is 6.68. The largest absolute Gasteiger partial charge is 0.0956 e. The topological polar surface area (TPSA) is 0 Å². The van der Waals surface area contributed by atoms with Crippen molar-refractivity contribution < 1.29 is 0 Å². The molecule has 10 heavy (non-hydrogen) atoms. The molecular formula is C10H19. The average Bonchev–Trinajstić information content (AvgIpc) is 1.98. The Balaban J connectivity index is 3.29. The zero-order chi connectivity index (χ0) is 7.82. The molecule has 0 heteroatoms. The Morgan fingerprint density at radius 3 is 2.50 bits per heavy atom. The molecule has 0 aliphatic carbocycles. The predicted molar refractivity (Wildman–Crippen MR) is 46.8 cm³/mol. The number of rotatable bonds is 6. The van der Waals surface area contributed by atoms with Crippen LogP contribution in [0, 0.1) is 12.0 Å². The van der Waals surface area contributed by atoms with E-state index < -0.39 is 0 Å². The van der Waals surface area contributed by atoms with Crippen LogP contribution in [-0.4, -0.2) is 0 Å². The summed E-state index contributed by atoms with van der Waals surface area (Å²) in [5, 5.41) is 0. The first kappa shape index (κ1) is 9.74. The molecule has 0 heterocycles. The average molecular weight is 139 g/mol. The second kappa shape index (κ2) is 6.85. The highest BCUT2D eigenvalue weighted by Gasteiger charge is 2.01. The smallest absolute Gasteiger partial charge is 0.0254 e. The lowest BCUT2D eigenvalue weighted by Crippen LogP contribution is -1.96. The van der Waals surface area contributed by atoms with Gasteiger partial charge in [0.1, 0.15) is 0 Å². The van der Waals surface area contributed by atoms with E-state index in [0.717, 1.165) is 12.3 Å². The minimum atomic E-state index is 0.845. The van der Waals surface area contributed by atoms with Gasteiger partial charge in [-0.3, -0.25) is 0 Å². The van der Waals surface area contributed by atoms with E-state index in [0.29, 0.717) is 0 Å². The summed E-state index contributed by atoms with van der Waals surface area (Å²) in [4.78, 5) is 0. The van der Waals surface area contributed by atoms with Gasteiger partial charge in [-0.1, -0.05) is 52.2 Å². The number of hydrogen-bond donors (Lipinski definition) is 0. The number of unbranched alkanes of at least 4 members (excludes halogenated alkanes) is 1. The van der Waals surface area contributed by atoms with Crippen molar-refractivity contribution in [3.8, 4) is 0 Å². The molecule has 0 aromatic rings. The molecule has 0 aliphatic rings. The predicted octanol–water partition coefficient (Wildman–Crippen LogP) is 3.58. The molecule has 1 atom stereocenters. The lowest BCUT2D eigenvalue weighted by atomic mass is 9.96. The maximum Gasteiger partial charge on any atom is -0.0254 e. The molecule has 0 nitrogen and oxygen atoms in total. The fourth-order valence-electron chi connectivity index (χ4n) is 1.15. The Labute approximate surface area is 65.3 Å². The second-order valence-electron chi connectivity index (χ2n) is 2.87. The fourth-order valence-corrected chi connectivity index (χ4v) is 1.15. The third-order valence-corrected chi connectivity index (χ3v) is 1.98. The summed E-state index contributed by atoms with van der Waals surface area (Å²) < 4.78 is 0. The Bertz CT molecular complexity index is 74.1. The molecule has 0 spiro atoms. The van der Waals surface area contributed by atoms with Crippen molar-refractivity contribution >= 4 is 0 Å². The summed E-state index contributed by atoms with van der Waals surface area (Å²) in [6.07, 6.45) is 9.37. The Morgan fingerprint density at radius 2 is 2.10 bits per heavy atom. The summed E-state index contributed by atoms with van der Waals surface area (Å²) in [5.74, 6) is 0.845. The highest BCUT2D eigenvalue weighted by molar-refractivity contribution is 4.64. The van der Waals surface area contributed by atoms with Crippen molar-refractivity contribution in [2.24, 2.45) is 5.92 Å². The lowest BCUT2D eigenvalue weighted by Gasteiger charge is -2.09. The van der Waals surface area contributed by atoms with Crippen LogP contribution in [0.25, 0.3) is 0 Å². The minimum absolute atomic E-state index is 0.845. The van der Waals surface area contributed by atoms with Gasteiger partial charge in [0.05, 0.1) is 0 Å². The number of hydrogen-bond acceptors (Lipinski definition) is 0. The van der Waals surface area contributed by atoms with Crippen LogP contribution in [0.1, 0.15) is 46.0 Å². The molecule has 0 fully saturated rings. The monoisotopic (exact) mass is 139 g/mol. The molecule has 0 saturated heterocycles. The summed E-state index contributed by atoms with van der Waals surface area (Å²) in [6, 6.07) is 0. The molecule has 1 radical (unpaired) electrons. The van der Waals surface area contributed by atoms with E-state index in [9.17, 15) is 0 Å². The molecular weight excluding hydrogens is 120 g/mol. The van der Waals surface area contributed by atoms with E-state index in [1.54, 1.807) is 0 Å². The minimum Gasteiger partial charge on any atom is -0.0956 e. The van der Waals surface area contributed by atoms with E-state index in [1.807, 2.05) is 0 Å². The van der Waals surface area contributed by atoms with Crippen LogP contribution in [0.15, 0.2) is 6.58 Å². The number of allylic oxidation sites excluding steroid dienone is 1. The summed E-state index contributed by atoms with van der Waals surface area (Å²) >= 11 is 0. The summed E-state index contributed by atoms with van der Waals surface area (Å²) in [5.41, 5.74) is 0. The third-order valence-electron chi connectivity index (χ3n) is 1.98. The van der Waals surface area contributed by atoms with E-state index in [2.05, 4.69) is 26.5 Å². The molecule has 0 saturated carbocycles. The van der Waals surface area contributed by atoms with Gasteiger partial charge < -0.3 is 0 Å². The van der Waals surface area contributed by atoms with Crippen LogP contribution in [0.4, 0.5) is 0 Å². The van der Waals surface area contributed by atoms with Gasteiger partial charge in [0, 0.05) is 0 Å². The normalized spacial score (nSPS) is 13.0. The zero-order valence-corrected chi connectivity index (χ0v) is 7.32. The first-order valence-corrected chi connectivity index (χ1v) is 4.35. The summed E-state index contributed by atoms with van der Waals surface area (Å²) in [6.45, 7) is 8.12. The maximum absolute atomic E-state index is 3.63. The molecule has 0 rings (SSSR count). The van der Waals surface area contributed by atoms with E-state index in [4.69, 9.17) is 0 Å². The molecule has 59 valence electrons. The zero-order valence-electron chi connectivity index (χ0n) is 7.32. The first-order valence-electron chi connectivity index (χ1n) is 4.35. The standard InChI is InChI=1S/C10H19/c1-4-7-9-10(6-3)8-5-2/h10H,2,4,6-9H2,1,3H3. The van der Waals surface area contributed by atoms with Gasteiger partial charge in [-0.25, -0.2) is 0 Å². The van der Waals surface area contributed by atoms with Crippen molar-refractivity contribution in [1.82, 2.24) is 0 Å². The molecule has 0 amide bonds. The van der Waals surface area contributed by atoms with Crippen molar-refractivity contribution in [3.63, 3.8) is 0 Å². The van der Waals surface area contributed by atoms with Gasteiger partial charge in [-0.15, -0.1) is 0 Å². The van der Waals surface area contributed by atoms with E-state index in [-0.39, 0.29) is 0 Å². The van der Waals surface area contributed by atoms with Crippen LogP contribution in [0.3, 0.4) is 0 Å². The van der Waals surface area contributed by atoms with Gasteiger partial charge in [-0.2, -0.15) is 0 Å². The molecule has 1 unspecified atom stereocenters. The summed E-state index contributed by atoms with van der Waals surface area (Å²) in [7, 11) is 0. The molecule has 0 aliphatic heterocycles. The van der Waals surface area contributed by atoms with Crippen LogP contribution in [0.2, 0.25) is 0 Å². The van der Waals surface area contributed by atoms with Crippen molar-refractivity contribution in [1.29, 1.82) is 0 Å². The fraction of sp³-hybridized carbons (Fsp3) is 0.800. The van der Waals surface area contributed by atoms with Crippen molar-refractivity contribution in [3.05, 3.63) is 12.7 Å². The van der Waals surface area contributed by atoms with Crippen LogP contribution in [0.5, 0.6) is 0 Å². The van der Waals surface area contributed by atoms with Gasteiger partial charge in [0.25, 0.3) is 0 Å². The quantitative estimate of drug-likeness (QED) is 0.527. The molecule has 0 aromatic carbocycles. The molecule has 0 bridgehead atoms. The van der Waals surface area contributed by atoms with Crippen molar-refractivity contribution in [2.45, 2.75) is 46.0 Å². The maximum atomic E-state index is 3.63. The molecule has 0 N–H and O–H groups in total. The highest BCUT2D eigenvalue weighted by Crippen LogP contribution is 2.15. The van der Waals surface area contributed by atoms with Gasteiger partial charge in [-0.05, 0) is 12.3 Å². The third kappa shape index (κ3) is 4.60. The Hall–Kier alpha value is -0.260. The lowest BCUT2D eigenvalue weighted by molar-refractivity contribution is 0.452. The van der Waals surface area contributed by atoms with E-state index in [1.165, 1.54) is 25.7 Å². The van der Waals surface area contributed by atoms with Crippen LogP contribution in [-0.2, 0) is 0 Å². The SMILES string of the molecule is C=[C]CC(CC)CCCC. The molecule has 0 aromatic heterocycles. The Morgan fingerprint density at radius 1 is 1.40 bits per heavy atom. The second-order valence-corrected chi connectivity index (χ2v) is 2.87. The van der Waals surface area contributed by atoms with Gasteiger partial charge >= 0.3 is 0 Å². The van der Waals surface area contributed by atoms with Gasteiger partial charge in [0.15, 0.2) is 0 Å². The van der Waals surface area contributed by atoms with Crippen molar-refractivity contribution in [2.75, 3.05) is 0 Å². The van der Waals surface area contributed by atoms with Gasteiger partial charge in [0.2, 0.25) is 0 Å². The highest BCUT2D eigenvalue weighted by atomic mass is 14.1. The van der Waals surface area contributed by atoms with E-state index >= 15 is 0 Å². The van der Waals surface area contributed by atoms with Crippen LogP contribution < -0.4 is 0 Å². The van der Waals surface area contributed by atoms with Crippen LogP contribution >= 0.6 is 0 Å².